The Morgan fingerprint density at radius 1 is 1.14 bits per heavy atom. The SMILES string of the molecule is N#Cc1ccccc1-c1ccccc1C(=O)OCc1cc(=O)n2ccsc2n1. The topological polar surface area (TPSA) is 84.5 Å². The zero-order chi connectivity index (χ0) is 19.5. The van der Waals surface area contributed by atoms with Crippen LogP contribution in [0.15, 0.2) is 71.0 Å². The zero-order valence-electron chi connectivity index (χ0n) is 14.5. The first-order valence-corrected chi connectivity index (χ1v) is 9.27. The smallest absolute Gasteiger partial charge is 0.339 e. The van der Waals surface area contributed by atoms with Crippen LogP contribution in [0, 0.1) is 11.3 Å². The van der Waals surface area contributed by atoms with E-state index in [2.05, 4.69) is 11.1 Å². The van der Waals surface area contributed by atoms with Crippen molar-refractivity contribution >= 4 is 22.3 Å². The summed E-state index contributed by atoms with van der Waals surface area (Å²) in [5, 5.41) is 11.1. The Kier molecular flexibility index (Phi) is 4.70. The van der Waals surface area contributed by atoms with Gasteiger partial charge >= 0.3 is 5.97 Å². The summed E-state index contributed by atoms with van der Waals surface area (Å²) in [7, 11) is 0. The first-order valence-electron chi connectivity index (χ1n) is 8.39. The summed E-state index contributed by atoms with van der Waals surface area (Å²) in [5.41, 5.74) is 2.26. The van der Waals surface area contributed by atoms with E-state index < -0.39 is 5.97 Å². The van der Waals surface area contributed by atoms with Gasteiger partial charge in [0.1, 0.15) is 6.61 Å². The van der Waals surface area contributed by atoms with Gasteiger partial charge in [-0.25, -0.2) is 9.78 Å². The number of carbonyl (C=O) groups excluding carboxylic acids is 1. The Bertz CT molecular complexity index is 1280. The van der Waals surface area contributed by atoms with Crippen molar-refractivity contribution in [3.05, 3.63) is 93.3 Å². The number of carbonyl (C=O) groups is 1. The molecular formula is C21H13N3O3S. The molecule has 2 heterocycles. The molecule has 0 aliphatic carbocycles. The second-order valence-corrected chi connectivity index (χ2v) is 6.79. The van der Waals surface area contributed by atoms with Crippen molar-refractivity contribution in [1.29, 1.82) is 5.26 Å². The number of nitrogens with zero attached hydrogens (tertiary/aromatic N) is 3. The second kappa shape index (κ2) is 7.47. The van der Waals surface area contributed by atoms with Crippen LogP contribution in [0.1, 0.15) is 21.6 Å². The van der Waals surface area contributed by atoms with Gasteiger partial charge < -0.3 is 4.74 Å². The summed E-state index contributed by atoms with van der Waals surface area (Å²) < 4.78 is 6.84. The summed E-state index contributed by atoms with van der Waals surface area (Å²) in [6.45, 7) is -0.114. The van der Waals surface area contributed by atoms with Gasteiger partial charge in [0, 0.05) is 23.2 Å². The lowest BCUT2D eigenvalue weighted by molar-refractivity contribution is 0.0468. The van der Waals surface area contributed by atoms with Crippen molar-refractivity contribution in [2.75, 3.05) is 0 Å². The van der Waals surface area contributed by atoms with Crippen molar-refractivity contribution in [3.8, 4) is 17.2 Å². The van der Waals surface area contributed by atoms with Gasteiger partial charge in [-0.15, -0.1) is 11.3 Å². The van der Waals surface area contributed by atoms with E-state index in [4.69, 9.17) is 4.74 Å². The molecule has 0 atom stereocenters. The van der Waals surface area contributed by atoms with E-state index in [9.17, 15) is 14.9 Å². The van der Waals surface area contributed by atoms with Gasteiger partial charge in [0.05, 0.1) is 22.9 Å². The molecule has 136 valence electrons. The van der Waals surface area contributed by atoms with E-state index in [1.165, 1.54) is 21.8 Å². The van der Waals surface area contributed by atoms with Crippen molar-refractivity contribution < 1.29 is 9.53 Å². The fraction of sp³-hybridized carbons (Fsp3) is 0.0476. The first kappa shape index (κ1) is 17.6. The molecule has 2 aromatic carbocycles. The molecule has 28 heavy (non-hydrogen) atoms. The van der Waals surface area contributed by atoms with Crippen LogP contribution in [0.2, 0.25) is 0 Å². The molecule has 2 aromatic heterocycles. The molecule has 0 amide bonds. The van der Waals surface area contributed by atoms with Gasteiger partial charge in [-0.05, 0) is 17.7 Å². The van der Waals surface area contributed by atoms with Crippen molar-refractivity contribution in [3.63, 3.8) is 0 Å². The second-order valence-electron chi connectivity index (χ2n) is 5.92. The summed E-state index contributed by atoms with van der Waals surface area (Å²) in [4.78, 5) is 29.6. The highest BCUT2D eigenvalue weighted by Gasteiger charge is 2.16. The van der Waals surface area contributed by atoms with Crippen LogP contribution in [0.25, 0.3) is 16.1 Å². The molecule has 6 nitrogen and oxygen atoms in total. The van der Waals surface area contributed by atoms with Crippen LogP contribution in [-0.4, -0.2) is 15.4 Å². The number of rotatable bonds is 4. The van der Waals surface area contributed by atoms with Crippen LogP contribution >= 0.6 is 11.3 Å². The number of fused-ring (bicyclic) bond motifs is 1. The van der Waals surface area contributed by atoms with Gasteiger partial charge in [0.25, 0.3) is 5.56 Å². The monoisotopic (exact) mass is 387 g/mol. The largest absolute Gasteiger partial charge is 0.456 e. The van der Waals surface area contributed by atoms with Gasteiger partial charge in [-0.2, -0.15) is 5.26 Å². The Labute approximate surface area is 163 Å². The summed E-state index contributed by atoms with van der Waals surface area (Å²) in [6, 6.07) is 17.5. The van der Waals surface area contributed by atoms with Crippen LogP contribution in [0.5, 0.6) is 0 Å². The van der Waals surface area contributed by atoms with Crippen LogP contribution in [-0.2, 0) is 11.3 Å². The first-order chi connectivity index (χ1) is 13.7. The zero-order valence-corrected chi connectivity index (χ0v) is 15.3. The van der Waals surface area contributed by atoms with E-state index in [0.717, 1.165) is 0 Å². The van der Waals surface area contributed by atoms with E-state index >= 15 is 0 Å². The van der Waals surface area contributed by atoms with Gasteiger partial charge in [-0.1, -0.05) is 36.4 Å². The number of esters is 1. The lowest BCUT2D eigenvalue weighted by Crippen LogP contribution is -2.15. The minimum Gasteiger partial charge on any atom is -0.456 e. The Morgan fingerprint density at radius 3 is 2.71 bits per heavy atom. The van der Waals surface area contributed by atoms with Crippen molar-refractivity contribution in [2.24, 2.45) is 0 Å². The number of hydrogen-bond donors (Lipinski definition) is 0. The van der Waals surface area contributed by atoms with Crippen molar-refractivity contribution in [1.82, 2.24) is 9.38 Å². The van der Waals surface area contributed by atoms with E-state index in [1.807, 2.05) is 6.07 Å². The number of hydrogen-bond acceptors (Lipinski definition) is 6. The van der Waals surface area contributed by atoms with Gasteiger partial charge in [0.2, 0.25) is 0 Å². The minimum absolute atomic E-state index is 0.114. The van der Waals surface area contributed by atoms with Gasteiger partial charge in [0.15, 0.2) is 4.96 Å². The van der Waals surface area contributed by atoms with E-state index in [-0.39, 0.29) is 12.2 Å². The standard InChI is InChI=1S/C21H13N3O3S/c22-12-14-5-1-2-6-16(14)17-7-3-4-8-18(17)20(26)27-13-15-11-19(25)24-9-10-28-21(24)23-15/h1-11H,13H2. The molecule has 0 aliphatic heterocycles. The molecule has 0 fully saturated rings. The average molecular weight is 387 g/mol. The Balaban J connectivity index is 1.62. The lowest BCUT2D eigenvalue weighted by atomic mass is 9.96. The van der Waals surface area contributed by atoms with E-state index in [1.54, 1.807) is 54.0 Å². The third kappa shape index (κ3) is 3.29. The molecule has 7 heteroatoms. The van der Waals surface area contributed by atoms with Crippen LogP contribution < -0.4 is 5.56 Å². The highest BCUT2D eigenvalue weighted by atomic mass is 32.1. The normalized spacial score (nSPS) is 10.5. The van der Waals surface area contributed by atoms with Crippen LogP contribution in [0.3, 0.4) is 0 Å². The van der Waals surface area contributed by atoms with Crippen LogP contribution in [0.4, 0.5) is 0 Å². The lowest BCUT2D eigenvalue weighted by Gasteiger charge is -2.11. The number of nitriles is 1. The Morgan fingerprint density at radius 2 is 1.89 bits per heavy atom. The quantitative estimate of drug-likeness (QED) is 0.499. The number of ether oxygens (including phenoxy) is 1. The summed E-state index contributed by atoms with van der Waals surface area (Å²) >= 11 is 1.33. The third-order valence-electron chi connectivity index (χ3n) is 4.19. The Hall–Kier alpha value is -3.76. The molecule has 0 saturated heterocycles. The molecule has 0 unspecified atom stereocenters. The highest BCUT2D eigenvalue weighted by Crippen LogP contribution is 2.27. The number of benzene rings is 2. The highest BCUT2D eigenvalue weighted by molar-refractivity contribution is 7.15. The maximum atomic E-state index is 12.7. The summed E-state index contributed by atoms with van der Waals surface area (Å²) in [5.74, 6) is -0.545. The molecule has 0 aliphatic rings. The molecule has 0 spiro atoms. The molecule has 4 rings (SSSR count). The molecule has 0 radical (unpaired) electrons. The average Bonchev–Trinajstić information content (AvgIpc) is 3.21. The predicted molar refractivity (Wildman–Crippen MR) is 105 cm³/mol. The fourth-order valence-corrected chi connectivity index (χ4v) is 3.63. The maximum Gasteiger partial charge on any atom is 0.339 e. The fourth-order valence-electron chi connectivity index (χ4n) is 2.89. The van der Waals surface area contributed by atoms with E-state index in [0.29, 0.717) is 32.9 Å². The van der Waals surface area contributed by atoms with Crippen molar-refractivity contribution in [2.45, 2.75) is 6.61 Å². The molecule has 0 N–H and O–H groups in total. The molecule has 0 bridgehead atoms. The molecular weight excluding hydrogens is 374 g/mol. The number of aromatic nitrogens is 2. The van der Waals surface area contributed by atoms with Gasteiger partial charge in [-0.3, -0.25) is 9.20 Å². The maximum absolute atomic E-state index is 12.7. The third-order valence-corrected chi connectivity index (χ3v) is 4.95. The molecule has 4 aromatic rings. The minimum atomic E-state index is -0.545. The number of thiazole rings is 1. The molecule has 0 saturated carbocycles. The predicted octanol–water partition coefficient (Wildman–Crippen LogP) is 3.65. The summed E-state index contributed by atoms with van der Waals surface area (Å²) in [6.07, 6.45) is 1.65.